The van der Waals surface area contributed by atoms with E-state index in [9.17, 15) is 9.18 Å². The van der Waals surface area contributed by atoms with Gasteiger partial charge in [0.15, 0.2) is 0 Å². The second-order valence-electron chi connectivity index (χ2n) is 5.89. The van der Waals surface area contributed by atoms with Crippen LogP contribution < -0.4 is 0 Å². The van der Waals surface area contributed by atoms with Crippen LogP contribution in [0.5, 0.6) is 0 Å². The van der Waals surface area contributed by atoms with Crippen molar-refractivity contribution >= 4 is 17.2 Å². The van der Waals surface area contributed by atoms with Crippen molar-refractivity contribution in [2.75, 3.05) is 6.54 Å². The molecule has 1 amide bonds. The number of hydrogen-bond donors (Lipinski definition) is 1. The monoisotopic (exact) mass is 341 g/mol. The molecule has 0 radical (unpaired) electrons. The molecule has 0 aliphatic carbocycles. The largest absolute Gasteiger partial charge is 0.332 e. The van der Waals surface area contributed by atoms with Crippen molar-refractivity contribution in [2.24, 2.45) is 0 Å². The van der Waals surface area contributed by atoms with Gasteiger partial charge in [-0.2, -0.15) is 5.10 Å². The number of H-pyrrole nitrogens is 1. The Morgan fingerprint density at radius 1 is 1.33 bits per heavy atom. The fourth-order valence-electron chi connectivity index (χ4n) is 3.19. The average molecular weight is 341 g/mol. The number of nitrogens with one attached hydrogen (secondary N) is 1. The fraction of sp³-hybridized carbons (Fsp3) is 0.222. The minimum Gasteiger partial charge on any atom is -0.332 e. The van der Waals surface area contributed by atoms with Crippen molar-refractivity contribution < 1.29 is 9.18 Å². The van der Waals surface area contributed by atoms with Crippen LogP contribution in [-0.4, -0.2) is 27.5 Å². The van der Waals surface area contributed by atoms with E-state index in [-0.39, 0.29) is 17.8 Å². The van der Waals surface area contributed by atoms with Crippen LogP contribution in [0.25, 0.3) is 10.4 Å². The molecule has 24 heavy (non-hydrogen) atoms. The highest BCUT2D eigenvalue weighted by Gasteiger charge is 2.31. The minimum atomic E-state index is -0.253. The lowest BCUT2D eigenvalue weighted by atomic mass is 10.0. The highest BCUT2D eigenvalue weighted by atomic mass is 32.1. The number of aromatic nitrogens is 2. The quantitative estimate of drug-likeness (QED) is 0.774. The molecule has 0 saturated carbocycles. The molecule has 4 nitrogen and oxygen atoms in total. The maximum absolute atomic E-state index is 13.1. The molecule has 2 aromatic heterocycles. The standard InChI is InChI=1S/C18H16FN3OS/c19-15-5-3-12(4-6-15)16-2-1-7-22(16)18(23)13-8-17(24-11-13)14-9-20-21-10-14/h3-6,8-11,16H,1-2,7H2,(H,20,21). The van der Waals surface area contributed by atoms with Gasteiger partial charge in [-0.05, 0) is 36.6 Å². The number of aromatic amines is 1. The van der Waals surface area contributed by atoms with E-state index in [0.717, 1.165) is 35.4 Å². The van der Waals surface area contributed by atoms with E-state index in [0.29, 0.717) is 5.56 Å². The fourth-order valence-corrected chi connectivity index (χ4v) is 4.06. The number of carbonyl (C=O) groups excluding carboxylic acids is 1. The SMILES string of the molecule is O=C(c1csc(-c2cn[nH]c2)c1)N1CCCC1c1ccc(F)cc1. The summed E-state index contributed by atoms with van der Waals surface area (Å²) in [6, 6.07) is 8.40. The number of likely N-dealkylation sites (tertiary alicyclic amines) is 1. The Morgan fingerprint density at radius 2 is 2.17 bits per heavy atom. The summed E-state index contributed by atoms with van der Waals surface area (Å²) in [5.74, 6) is -0.218. The molecule has 122 valence electrons. The van der Waals surface area contributed by atoms with E-state index >= 15 is 0 Å². The topological polar surface area (TPSA) is 49.0 Å². The van der Waals surface area contributed by atoms with E-state index in [1.54, 1.807) is 18.3 Å². The summed E-state index contributed by atoms with van der Waals surface area (Å²) in [6.07, 6.45) is 5.44. The van der Waals surface area contributed by atoms with Gasteiger partial charge in [-0.3, -0.25) is 9.89 Å². The molecule has 3 aromatic rings. The van der Waals surface area contributed by atoms with Crippen LogP contribution in [0.15, 0.2) is 48.1 Å². The summed E-state index contributed by atoms with van der Waals surface area (Å²) >= 11 is 1.54. The van der Waals surface area contributed by atoms with Gasteiger partial charge in [0.25, 0.3) is 5.91 Å². The zero-order chi connectivity index (χ0) is 16.5. The highest BCUT2D eigenvalue weighted by molar-refractivity contribution is 7.13. The summed E-state index contributed by atoms with van der Waals surface area (Å²) in [7, 11) is 0. The number of rotatable bonds is 3. The lowest BCUT2D eigenvalue weighted by molar-refractivity contribution is 0.0736. The Labute approximate surface area is 142 Å². The molecule has 4 rings (SSSR count). The first-order valence-corrected chi connectivity index (χ1v) is 8.74. The second-order valence-corrected chi connectivity index (χ2v) is 6.81. The van der Waals surface area contributed by atoms with E-state index in [1.165, 1.54) is 23.5 Å². The molecule has 0 spiro atoms. The summed E-state index contributed by atoms with van der Waals surface area (Å²) in [5.41, 5.74) is 2.67. The molecule has 1 aliphatic heterocycles. The van der Waals surface area contributed by atoms with Crippen LogP contribution in [0.2, 0.25) is 0 Å². The van der Waals surface area contributed by atoms with Crippen molar-refractivity contribution in [1.29, 1.82) is 0 Å². The number of thiophene rings is 1. The number of carbonyl (C=O) groups is 1. The van der Waals surface area contributed by atoms with Crippen LogP contribution in [0.1, 0.15) is 34.8 Å². The van der Waals surface area contributed by atoms with Crippen molar-refractivity contribution in [2.45, 2.75) is 18.9 Å². The molecule has 1 aromatic carbocycles. The van der Waals surface area contributed by atoms with Gasteiger partial charge < -0.3 is 4.90 Å². The van der Waals surface area contributed by atoms with Crippen LogP contribution in [0, 0.1) is 5.82 Å². The first-order valence-electron chi connectivity index (χ1n) is 7.86. The van der Waals surface area contributed by atoms with Gasteiger partial charge in [0, 0.05) is 28.6 Å². The zero-order valence-corrected chi connectivity index (χ0v) is 13.7. The number of amides is 1. The Hall–Kier alpha value is -2.47. The van der Waals surface area contributed by atoms with Crippen molar-refractivity contribution in [3.8, 4) is 10.4 Å². The smallest absolute Gasteiger partial charge is 0.255 e. The molecule has 0 bridgehead atoms. The van der Waals surface area contributed by atoms with Gasteiger partial charge in [0.2, 0.25) is 0 Å². The number of nitrogens with zero attached hydrogens (tertiary/aromatic N) is 2. The molecule has 1 fully saturated rings. The normalized spacial score (nSPS) is 17.4. The van der Waals surface area contributed by atoms with E-state index in [1.807, 2.05) is 22.5 Å². The predicted octanol–water partition coefficient (Wildman–Crippen LogP) is 4.25. The zero-order valence-electron chi connectivity index (χ0n) is 12.9. The summed E-state index contributed by atoms with van der Waals surface area (Å²) in [5, 5.41) is 8.62. The Bertz CT molecular complexity index is 842. The molecule has 1 N–H and O–H groups in total. The van der Waals surface area contributed by atoms with Gasteiger partial charge in [-0.25, -0.2) is 4.39 Å². The third-order valence-corrected chi connectivity index (χ3v) is 5.38. The van der Waals surface area contributed by atoms with Crippen LogP contribution in [0.3, 0.4) is 0 Å². The number of benzene rings is 1. The maximum atomic E-state index is 13.1. The molecule has 1 unspecified atom stereocenters. The Morgan fingerprint density at radius 3 is 2.92 bits per heavy atom. The van der Waals surface area contributed by atoms with Gasteiger partial charge in [-0.15, -0.1) is 11.3 Å². The van der Waals surface area contributed by atoms with Crippen molar-refractivity contribution in [3.05, 3.63) is 65.0 Å². The predicted molar refractivity (Wildman–Crippen MR) is 91.3 cm³/mol. The lowest BCUT2D eigenvalue weighted by Gasteiger charge is -2.24. The number of hydrogen-bond acceptors (Lipinski definition) is 3. The second kappa shape index (κ2) is 6.20. The Balaban J connectivity index is 1.58. The van der Waals surface area contributed by atoms with Gasteiger partial charge in [-0.1, -0.05) is 12.1 Å². The highest BCUT2D eigenvalue weighted by Crippen LogP contribution is 2.35. The minimum absolute atomic E-state index is 0.0235. The molecule has 1 saturated heterocycles. The van der Waals surface area contributed by atoms with E-state index < -0.39 is 0 Å². The molecule has 1 atom stereocenters. The number of halogens is 1. The van der Waals surface area contributed by atoms with Crippen LogP contribution >= 0.6 is 11.3 Å². The van der Waals surface area contributed by atoms with Crippen molar-refractivity contribution in [3.63, 3.8) is 0 Å². The van der Waals surface area contributed by atoms with E-state index in [2.05, 4.69) is 10.2 Å². The molecular formula is C18H16FN3OS. The maximum Gasteiger partial charge on any atom is 0.255 e. The first-order chi connectivity index (χ1) is 11.7. The van der Waals surface area contributed by atoms with Gasteiger partial charge >= 0.3 is 0 Å². The van der Waals surface area contributed by atoms with E-state index in [4.69, 9.17) is 0 Å². The first kappa shape index (κ1) is 15.1. The third-order valence-electron chi connectivity index (χ3n) is 4.40. The average Bonchev–Trinajstić information content (AvgIpc) is 3.34. The van der Waals surface area contributed by atoms with Crippen LogP contribution in [-0.2, 0) is 0 Å². The Kier molecular flexibility index (Phi) is 3.90. The van der Waals surface area contributed by atoms with Gasteiger partial charge in [0.1, 0.15) is 5.82 Å². The van der Waals surface area contributed by atoms with Crippen LogP contribution in [0.4, 0.5) is 4.39 Å². The molecule has 6 heteroatoms. The summed E-state index contributed by atoms with van der Waals surface area (Å²) in [4.78, 5) is 15.8. The van der Waals surface area contributed by atoms with Gasteiger partial charge in [0.05, 0.1) is 17.8 Å². The molecular weight excluding hydrogens is 325 g/mol. The van der Waals surface area contributed by atoms with Crippen molar-refractivity contribution in [1.82, 2.24) is 15.1 Å². The molecule has 1 aliphatic rings. The summed E-state index contributed by atoms with van der Waals surface area (Å²) in [6.45, 7) is 0.734. The lowest BCUT2D eigenvalue weighted by Crippen LogP contribution is -2.30. The molecule has 3 heterocycles. The summed E-state index contributed by atoms with van der Waals surface area (Å²) < 4.78 is 13.1. The third kappa shape index (κ3) is 2.73.